The number of piperidine rings is 1. The van der Waals surface area contributed by atoms with Crippen LogP contribution in [0.15, 0.2) is 24.3 Å². The fraction of sp³-hybridized carbons (Fsp3) is 0.429. The Hall–Kier alpha value is -1.63. The van der Waals surface area contributed by atoms with Crippen molar-refractivity contribution < 1.29 is 13.2 Å². The third-order valence-electron chi connectivity index (χ3n) is 3.29. The van der Waals surface area contributed by atoms with E-state index in [1.54, 1.807) is 11.0 Å². The normalized spacial score (nSPS) is 20.6. The molecule has 0 amide bonds. The lowest BCUT2D eigenvalue weighted by Crippen LogP contribution is -2.30. The molecule has 96 valence electrons. The first-order valence-electron chi connectivity index (χ1n) is 5.93. The topological polar surface area (TPSA) is 3.24 Å². The molecule has 1 aromatic carbocycles. The molecule has 2 rings (SSSR count). The summed E-state index contributed by atoms with van der Waals surface area (Å²) in [5.74, 6) is 0. The van der Waals surface area contributed by atoms with Crippen LogP contribution in [0.5, 0.6) is 0 Å². The summed E-state index contributed by atoms with van der Waals surface area (Å²) in [5.41, 5.74) is -0.278. The fourth-order valence-corrected chi connectivity index (χ4v) is 2.46. The largest absolute Gasteiger partial charge is 0.416 e. The molecule has 18 heavy (non-hydrogen) atoms. The summed E-state index contributed by atoms with van der Waals surface area (Å²) in [6.45, 7) is 0.660. The number of halogens is 3. The van der Waals surface area contributed by atoms with Crippen LogP contribution in [0.2, 0.25) is 0 Å². The van der Waals surface area contributed by atoms with Gasteiger partial charge in [-0.05, 0) is 30.9 Å². The maximum absolute atomic E-state index is 13.0. The number of hydrogen-bond acceptors (Lipinski definition) is 1. The summed E-state index contributed by atoms with van der Waals surface area (Å²) >= 11 is 0. The van der Waals surface area contributed by atoms with Crippen LogP contribution in [-0.4, -0.2) is 11.4 Å². The standard InChI is InChI=1S/C14H14F3N/c1-2-18-10-6-5-9-13(18)11-7-3-4-8-12(11)14(15,16)17/h1,3-4,7-8,13H,5-6,9-10H2. The highest BCUT2D eigenvalue weighted by molar-refractivity contribution is 5.33. The molecule has 1 unspecified atom stereocenters. The van der Waals surface area contributed by atoms with Crippen molar-refractivity contribution in [3.05, 3.63) is 35.4 Å². The van der Waals surface area contributed by atoms with Gasteiger partial charge >= 0.3 is 6.18 Å². The van der Waals surface area contributed by atoms with E-state index in [4.69, 9.17) is 6.42 Å². The van der Waals surface area contributed by atoms with E-state index in [9.17, 15) is 13.2 Å². The predicted octanol–water partition coefficient (Wildman–Crippen LogP) is 3.82. The monoisotopic (exact) mass is 253 g/mol. The molecule has 1 aliphatic rings. The molecule has 1 fully saturated rings. The van der Waals surface area contributed by atoms with Crippen molar-refractivity contribution in [1.82, 2.24) is 4.90 Å². The molecule has 0 bridgehead atoms. The van der Waals surface area contributed by atoms with Gasteiger partial charge in [-0.1, -0.05) is 24.6 Å². The lowest BCUT2D eigenvalue weighted by atomic mass is 9.92. The molecule has 1 nitrogen and oxygen atoms in total. The maximum atomic E-state index is 13.0. The lowest BCUT2D eigenvalue weighted by Gasteiger charge is -2.34. The van der Waals surface area contributed by atoms with Crippen molar-refractivity contribution in [3.63, 3.8) is 0 Å². The van der Waals surface area contributed by atoms with Gasteiger partial charge in [-0.15, -0.1) is 0 Å². The van der Waals surface area contributed by atoms with Crippen LogP contribution in [0.4, 0.5) is 13.2 Å². The van der Waals surface area contributed by atoms with Crippen molar-refractivity contribution in [2.24, 2.45) is 0 Å². The van der Waals surface area contributed by atoms with Crippen LogP contribution < -0.4 is 0 Å². The zero-order valence-electron chi connectivity index (χ0n) is 9.87. The van der Waals surface area contributed by atoms with Gasteiger partial charge in [-0.2, -0.15) is 13.2 Å². The highest BCUT2D eigenvalue weighted by atomic mass is 19.4. The van der Waals surface area contributed by atoms with E-state index in [0.717, 1.165) is 18.9 Å². The molecule has 1 saturated heterocycles. The Kier molecular flexibility index (Phi) is 3.51. The quantitative estimate of drug-likeness (QED) is 0.688. The van der Waals surface area contributed by atoms with E-state index in [1.807, 2.05) is 0 Å². The zero-order chi connectivity index (χ0) is 13.2. The van der Waals surface area contributed by atoms with E-state index in [1.165, 1.54) is 12.1 Å². The van der Waals surface area contributed by atoms with E-state index in [2.05, 4.69) is 6.04 Å². The summed E-state index contributed by atoms with van der Waals surface area (Å²) in [4.78, 5) is 1.67. The van der Waals surface area contributed by atoms with Crippen molar-refractivity contribution in [2.75, 3.05) is 6.54 Å². The number of nitrogens with zero attached hydrogens (tertiary/aromatic N) is 1. The Labute approximate surface area is 105 Å². The van der Waals surface area contributed by atoms with E-state index < -0.39 is 11.7 Å². The Bertz CT molecular complexity index is 459. The summed E-state index contributed by atoms with van der Waals surface area (Å²) in [5, 5.41) is 0. The molecule has 4 heteroatoms. The number of hydrogen-bond donors (Lipinski definition) is 0. The molecule has 1 atom stereocenters. The first-order chi connectivity index (χ1) is 8.54. The Morgan fingerprint density at radius 3 is 2.61 bits per heavy atom. The van der Waals surface area contributed by atoms with Crippen molar-refractivity contribution in [1.29, 1.82) is 0 Å². The van der Waals surface area contributed by atoms with Crippen LogP contribution in [0.25, 0.3) is 0 Å². The lowest BCUT2D eigenvalue weighted by molar-refractivity contribution is -0.138. The SMILES string of the molecule is C#CN1CCCCC1c1ccccc1C(F)(F)F. The second kappa shape index (κ2) is 4.93. The average Bonchev–Trinajstić information content (AvgIpc) is 2.37. The van der Waals surface area contributed by atoms with Crippen molar-refractivity contribution in [2.45, 2.75) is 31.5 Å². The van der Waals surface area contributed by atoms with Crippen LogP contribution in [0, 0.1) is 12.5 Å². The van der Waals surface area contributed by atoms with Gasteiger partial charge in [0.15, 0.2) is 0 Å². The minimum absolute atomic E-state index is 0.294. The van der Waals surface area contributed by atoms with Gasteiger partial charge < -0.3 is 4.90 Å². The number of benzene rings is 1. The number of alkyl halides is 3. The summed E-state index contributed by atoms with van der Waals surface area (Å²) in [6, 6.07) is 7.88. The van der Waals surface area contributed by atoms with Gasteiger partial charge in [0, 0.05) is 12.6 Å². The zero-order valence-corrected chi connectivity index (χ0v) is 9.87. The van der Waals surface area contributed by atoms with Gasteiger partial charge in [-0.25, -0.2) is 0 Å². The minimum Gasteiger partial charge on any atom is -0.325 e. The smallest absolute Gasteiger partial charge is 0.325 e. The van der Waals surface area contributed by atoms with E-state index in [0.29, 0.717) is 18.5 Å². The van der Waals surface area contributed by atoms with Gasteiger partial charge in [0.25, 0.3) is 0 Å². The fourth-order valence-electron chi connectivity index (χ4n) is 2.46. The van der Waals surface area contributed by atoms with Gasteiger partial charge in [0.1, 0.15) is 0 Å². The molecule has 0 aromatic heterocycles. The van der Waals surface area contributed by atoms with Crippen LogP contribution in [0.1, 0.15) is 36.4 Å². The average molecular weight is 253 g/mol. The first kappa shape index (κ1) is 12.8. The highest BCUT2D eigenvalue weighted by Gasteiger charge is 2.36. The Balaban J connectivity index is 2.41. The second-order valence-electron chi connectivity index (χ2n) is 4.42. The first-order valence-corrected chi connectivity index (χ1v) is 5.93. The van der Waals surface area contributed by atoms with Crippen molar-refractivity contribution in [3.8, 4) is 12.5 Å². The van der Waals surface area contributed by atoms with Gasteiger partial charge in [-0.3, -0.25) is 0 Å². The summed E-state index contributed by atoms with van der Waals surface area (Å²) in [6.07, 6.45) is 3.59. The van der Waals surface area contributed by atoms with E-state index >= 15 is 0 Å². The molecule has 0 N–H and O–H groups in total. The van der Waals surface area contributed by atoms with Gasteiger partial charge in [0.2, 0.25) is 0 Å². The molecular weight excluding hydrogens is 239 g/mol. The molecule has 0 spiro atoms. The third-order valence-corrected chi connectivity index (χ3v) is 3.29. The highest BCUT2D eigenvalue weighted by Crippen LogP contribution is 2.39. The van der Waals surface area contributed by atoms with Crippen molar-refractivity contribution >= 4 is 0 Å². The molecule has 0 radical (unpaired) electrons. The number of rotatable bonds is 1. The van der Waals surface area contributed by atoms with E-state index in [-0.39, 0.29) is 6.04 Å². The number of terminal acetylenes is 1. The number of likely N-dealkylation sites (tertiary alicyclic amines) is 1. The molecule has 1 aliphatic heterocycles. The summed E-state index contributed by atoms with van der Waals surface area (Å²) < 4.78 is 38.9. The molecule has 0 saturated carbocycles. The molecule has 1 heterocycles. The molecular formula is C14H14F3N. The minimum atomic E-state index is -4.33. The van der Waals surface area contributed by atoms with Crippen LogP contribution >= 0.6 is 0 Å². The predicted molar refractivity (Wildman–Crippen MR) is 63.6 cm³/mol. The summed E-state index contributed by atoms with van der Waals surface area (Å²) in [7, 11) is 0. The third kappa shape index (κ3) is 2.45. The van der Waals surface area contributed by atoms with Gasteiger partial charge in [0.05, 0.1) is 11.6 Å². The molecule has 0 aliphatic carbocycles. The van der Waals surface area contributed by atoms with Crippen LogP contribution in [-0.2, 0) is 6.18 Å². The Morgan fingerprint density at radius 2 is 1.94 bits per heavy atom. The Morgan fingerprint density at radius 1 is 1.22 bits per heavy atom. The second-order valence-corrected chi connectivity index (χ2v) is 4.42. The van der Waals surface area contributed by atoms with Crippen LogP contribution in [0.3, 0.4) is 0 Å². The maximum Gasteiger partial charge on any atom is 0.416 e. The molecule has 1 aromatic rings.